The molecule has 0 saturated heterocycles. The monoisotopic (exact) mass is 224 g/mol. The van der Waals surface area contributed by atoms with Crippen LogP contribution in [0.4, 0.5) is 0 Å². The van der Waals surface area contributed by atoms with E-state index in [0.29, 0.717) is 5.46 Å². The average Bonchev–Trinajstić information content (AvgIpc) is 2.17. The molecular weight excluding hydrogens is 207 g/mol. The molecule has 0 fully saturated rings. The van der Waals surface area contributed by atoms with Crippen LogP contribution in [0.15, 0.2) is 24.3 Å². The molecular formula is C11H17BO4. The van der Waals surface area contributed by atoms with Crippen molar-refractivity contribution in [1.82, 2.24) is 0 Å². The van der Waals surface area contributed by atoms with Crippen molar-refractivity contribution < 1.29 is 20.2 Å². The molecule has 1 aromatic carbocycles. The Labute approximate surface area is 95.6 Å². The van der Waals surface area contributed by atoms with Crippen molar-refractivity contribution >= 4 is 12.6 Å². The zero-order chi connectivity index (χ0) is 12.3. The van der Waals surface area contributed by atoms with Crippen LogP contribution in [0.1, 0.15) is 32.4 Å². The van der Waals surface area contributed by atoms with Gasteiger partial charge in [0.15, 0.2) is 0 Å². The summed E-state index contributed by atoms with van der Waals surface area (Å²) < 4.78 is 0. The van der Waals surface area contributed by atoms with E-state index >= 15 is 0 Å². The third-order valence-corrected chi connectivity index (χ3v) is 2.43. The van der Waals surface area contributed by atoms with Crippen molar-refractivity contribution in [3.05, 3.63) is 29.8 Å². The van der Waals surface area contributed by atoms with E-state index in [4.69, 9.17) is 15.3 Å². The Morgan fingerprint density at radius 2 is 1.62 bits per heavy atom. The van der Waals surface area contributed by atoms with Gasteiger partial charge in [0.05, 0.1) is 0 Å². The third kappa shape index (κ3) is 3.06. The van der Waals surface area contributed by atoms with Crippen LogP contribution >= 0.6 is 0 Å². The zero-order valence-corrected chi connectivity index (χ0v) is 9.71. The van der Waals surface area contributed by atoms with Gasteiger partial charge >= 0.3 is 7.12 Å². The second kappa shape index (κ2) is 4.97. The summed E-state index contributed by atoms with van der Waals surface area (Å²) in [5.74, 6) is 0. The molecule has 0 heterocycles. The maximum Gasteiger partial charge on any atom is 0.488 e. The molecule has 5 heteroatoms. The van der Waals surface area contributed by atoms with E-state index in [1.807, 2.05) is 20.8 Å². The van der Waals surface area contributed by atoms with Crippen LogP contribution in [0.2, 0.25) is 0 Å². The largest absolute Gasteiger partial charge is 0.488 e. The van der Waals surface area contributed by atoms with E-state index < -0.39 is 13.2 Å². The second-order valence-corrected chi connectivity index (χ2v) is 4.89. The molecule has 1 aromatic rings. The summed E-state index contributed by atoms with van der Waals surface area (Å²) in [6.07, 6.45) is -0.447. The smallest absolute Gasteiger partial charge is 0.423 e. The van der Waals surface area contributed by atoms with Crippen molar-refractivity contribution in [3.8, 4) is 0 Å². The molecule has 0 aromatic heterocycles. The molecule has 0 amide bonds. The first kappa shape index (κ1) is 13.2. The molecule has 1 atom stereocenters. The van der Waals surface area contributed by atoms with Gasteiger partial charge in [-0.1, -0.05) is 45.0 Å². The Bertz CT molecular complexity index is 329. The number of rotatable bonds is 3. The molecule has 0 aliphatic carbocycles. The topological polar surface area (TPSA) is 69.9 Å². The number of benzene rings is 1. The van der Waals surface area contributed by atoms with Crippen LogP contribution in [-0.2, 0) is 4.89 Å². The van der Waals surface area contributed by atoms with Crippen LogP contribution in [0.5, 0.6) is 0 Å². The molecule has 0 radical (unpaired) electrons. The fraction of sp³-hybridized carbons (Fsp3) is 0.455. The molecule has 0 spiro atoms. The maximum atomic E-state index is 8.95. The fourth-order valence-corrected chi connectivity index (χ4v) is 1.56. The van der Waals surface area contributed by atoms with Crippen molar-refractivity contribution in [3.63, 3.8) is 0 Å². The minimum atomic E-state index is -1.47. The highest BCUT2D eigenvalue weighted by Crippen LogP contribution is 2.34. The lowest BCUT2D eigenvalue weighted by Gasteiger charge is -2.27. The van der Waals surface area contributed by atoms with E-state index in [1.54, 1.807) is 24.3 Å². The fourth-order valence-electron chi connectivity index (χ4n) is 1.56. The second-order valence-electron chi connectivity index (χ2n) is 4.89. The van der Waals surface area contributed by atoms with E-state index in [9.17, 15) is 0 Å². The molecule has 16 heavy (non-hydrogen) atoms. The predicted molar refractivity (Wildman–Crippen MR) is 62.2 cm³/mol. The minimum absolute atomic E-state index is 0.242. The van der Waals surface area contributed by atoms with E-state index in [-0.39, 0.29) is 5.41 Å². The Kier molecular flexibility index (Phi) is 4.10. The van der Waals surface area contributed by atoms with Gasteiger partial charge in [-0.25, -0.2) is 4.89 Å². The molecule has 4 nitrogen and oxygen atoms in total. The van der Waals surface area contributed by atoms with E-state index in [0.717, 1.165) is 5.56 Å². The normalized spacial score (nSPS) is 13.6. The molecule has 3 N–H and O–H groups in total. The van der Waals surface area contributed by atoms with Gasteiger partial charge in [-0.05, 0) is 16.4 Å². The zero-order valence-electron chi connectivity index (χ0n) is 9.71. The highest BCUT2D eigenvalue weighted by molar-refractivity contribution is 6.58. The lowest BCUT2D eigenvalue weighted by Crippen LogP contribution is -2.30. The van der Waals surface area contributed by atoms with Crippen LogP contribution in [0.25, 0.3) is 0 Å². The van der Waals surface area contributed by atoms with Gasteiger partial charge in [-0.15, -0.1) is 0 Å². The van der Waals surface area contributed by atoms with Crippen molar-refractivity contribution in [1.29, 1.82) is 0 Å². The standard InChI is InChI=1S/C11H17BO4/c1-11(2,3)10(16-15)8-4-6-9(7-5-8)12(13)14/h4-7,10,13-15H,1-3H3. The Balaban J connectivity index is 2.96. The molecule has 88 valence electrons. The van der Waals surface area contributed by atoms with Gasteiger partial charge in [0.25, 0.3) is 0 Å². The van der Waals surface area contributed by atoms with E-state index in [2.05, 4.69) is 4.89 Å². The Morgan fingerprint density at radius 3 is 1.94 bits per heavy atom. The lowest BCUT2D eigenvalue weighted by molar-refractivity contribution is -0.303. The van der Waals surface area contributed by atoms with Crippen LogP contribution in [0, 0.1) is 5.41 Å². The highest BCUT2D eigenvalue weighted by Gasteiger charge is 2.27. The third-order valence-electron chi connectivity index (χ3n) is 2.43. The van der Waals surface area contributed by atoms with Gasteiger partial charge < -0.3 is 10.0 Å². The Morgan fingerprint density at radius 1 is 1.12 bits per heavy atom. The molecule has 1 rings (SSSR count). The maximum absolute atomic E-state index is 8.95. The summed E-state index contributed by atoms with van der Waals surface area (Å²) in [6, 6.07) is 6.61. The Hall–Kier alpha value is -0.875. The van der Waals surface area contributed by atoms with Crippen LogP contribution in [0.3, 0.4) is 0 Å². The lowest BCUT2D eigenvalue weighted by atomic mass is 9.78. The SMILES string of the molecule is CC(C)(C)C(OO)c1ccc(B(O)O)cc1. The quantitative estimate of drug-likeness (QED) is 0.406. The first-order chi connectivity index (χ1) is 7.36. The number of hydrogen-bond donors (Lipinski definition) is 3. The van der Waals surface area contributed by atoms with Crippen molar-refractivity contribution in [2.75, 3.05) is 0 Å². The van der Waals surface area contributed by atoms with Gasteiger partial charge in [-0.2, -0.15) is 0 Å². The number of hydrogen-bond acceptors (Lipinski definition) is 4. The molecule has 0 aliphatic heterocycles. The summed E-state index contributed by atoms with van der Waals surface area (Å²) in [6.45, 7) is 5.84. The van der Waals surface area contributed by atoms with Crippen molar-refractivity contribution in [2.24, 2.45) is 5.41 Å². The van der Waals surface area contributed by atoms with Gasteiger partial charge in [-0.3, -0.25) is 5.26 Å². The summed E-state index contributed by atoms with van der Waals surface area (Å²) in [7, 11) is -1.47. The molecule has 0 bridgehead atoms. The minimum Gasteiger partial charge on any atom is -0.423 e. The first-order valence-corrected chi connectivity index (χ1v) is 5.12. The summed E-state index contributed by atoms with van der Waals surface area (Å²) >= 11 is 0. The molecule has 1 unspecified atom stereocenters. The van der Waals surface area contributed by atoms with E-state index in [1.165, 1.54) is 0 Å². The predicted octanol–water partition coefficient (Wildman–Crippen LogP) is 0.943. The van der Waals surface area contributed by atoms with Gasteiger partial charge in [0, 0.05) is 0 Å². The molecule has 0 aliphatic rings. The average molecular weight is 224 g/mol. The van der Waals surface area contributed by atoms with Gasteiger partial charge in [0.1, 0.15) is 6.10 Å². The summed E-state index contributed by atoms with van der Waals surface area (Å²) in [5.41, 5.74) is 0.961. The summed E-state index contributed by atoms with van der Waals surface area (Å²) in [5, 5.41) is 26.8. The van der Waals surface area contributed by atoms with Crippen molar-refractivity contribution in [2.45, 2.75) is 26.9 Å². The first-order valence-electron chi connectivity index (χ1n) is 5.12. The van der Waals surface area contributed by atoms with Crippen LogP contribution < -0.4 is 5.46 Å². The summed E-state index contributed by atoms with van der Waals surface area (Å²) in [4.78, 5) is 4.48. The van der Waals surface area contributed by atoms with Crippen LogP contribution in [-0.4, -0.2) is 22.4 Å². The highest BCUT2D eigenvalue weighted by atomic mass is 17.1. The molecule has 0 saturated carbocycles. The van der Waals surface area contributed by atoms with Gasteiger partial charge in [0.2, 0.25) is 0 Å².